The second-order valence-corrected chi connectivity index (χ2v) is 3.55. The minimum absolute atomic E-state index is 0.0516. The van der Waals surface area contributed by atoms with Crippen LogP contribution < -0.4 is 9.47 Å². The van der Waals surface area contributed by atoms with Gasteiger partial charge < -0.3 is 14.2 Å². The number of ether oxygens (including phenoxy) is 3. The van der Waals surface area contributed by atoms with Gasteiger partial charge in [0.2, 0.25) is 0 Å². The lowest BCUT2D eigenvalue weighted by atomic mass is 10.3. The molecule has 1 aromatic carbocycles. The first kappa shape index (κ1) is 12.3. The highest BCUT2D eigenvalue weighted by Crippen LogP contribution is 2.36. The average molecular weight is 279 g/mol. The monoisotopic (exact) mass is 278 g/mol. The third-order valence-electron chi connectivity index (χ3n) is 1.60. The Bertz CT molecular complexity index is 331. The summed E-state index contributed by atoms with van der Waals surface area (Å²) in [5.74, 6) is 0.415. The summed E-state index contributed by atoms with van der Waals surface area (Å²) < 4.78 is 28.8. The van der Waals surface area contributed by atoms with Crippen LogP contribution in [0.15, 0.2) is 16.6 Å². The van der Waals surface area contributed by atoms with Gasteiger partial charge in [-0.15, -0.1) is 0 Å². The van der Waals surface area contributed by atoms with Crippen LogP contribution in [0.4, 0.5) is 4.39 Å². The van der Waals surface area contributed by atoms with Gasteiger partial charge in [0.05, 0.1) is 11.1 Å². The number of methoxy groups -OCH3 is 1. The fourth-order valence-corrected chi connectivity index (χ4v) is 1.58. The minimum Gasteiger partial charge on any atom is -0.489 e. The molecule has 0 N–H and O–H groups in total. The lowest BCUT2D eigenvalue weighted by Crippen LogP contribution is -2.03. The Morgan fingerprint density at radius 3 is 2.67 bits per heavy atom. The fraction of sp³-hybridized carbons (Fsp3) is 0.400. The molecule has 1 rings (SSSR count). The highest BCUT2D eigenvalue weighted by molar-refractivity contribution is 9.10. The molecule has 84 valence electrons. The Hall–Kier alpha value is -0.810. The van der Waals surface area contributed by atoms with Crippen molar-refractivity contribution >= 4 is 15.9 Å². The molecule has 0 fully saturated rings. The molecule has 0 bridgehead atoms. The summed E-state index contributed by atoms with van der Waals surface area (Å²) in [5, 5.41) is 0. The number of hydrogen-bond donors (Lipinski definition) is 0. The molecule has 5 heteroatoms. The van der Waals surface area contributed by atoms with Gasteiger partial charge in [0.25, 0.3) is 0 Å². The van der Waals surface area contributed by atoms with E-state index in [4.69, 9.17) is 14.2 Å². The summed E-state index contributed by atoms with van der Waals surface area (Å²) in [6, 6.07) is 2.58. The molecule has 0 unspecified atom stereocenters. The maximum atomic E-state index is 13.1. The van der Waals surface area contributed by atoms with E-state index in [2.05, 4.69) is 15.9 Å². The summed E-state index contributed by atoms with van der Waals surface area (Å²) >= 11 is 3.21. The Kier molecular flexibility index (Phi) is 4.84. The molecule has 0 aromatic heterocycles. The molecule has 0 saturated carbocycles. The Morgan fingerprint density at radius 1 is 1.33 bits per heavy atom. The van der Waals surface area contributed by atoms with Crippen LogP contribution in [0.2, 0.25) is 0 Å². The quantitative estimate of drug-likeness (QED) is 0.775. The zero-order valence-corrected chi connectivity index (χ0v) is 10.1. The molecule has 0 saturated heterocycles. The van der Waals surface area contributed by atoms with E-state index in [-0.39, 0.29) is 6.79 Å². The van der Waals surface area contributed by atoms with Gasteiger partial charge >= 0.3 is 0 Å². The van der Waals surface area contributed by atoms with E-state index in [1.165, 1.54) is 19.2 Å². The summed E-state index contributed by atoms with van der Waals surface area (Å²) in [5.41, 5.74) is 0. The van der Waals surface area contributed by atoms with Gasteiger partial charge in [0.15, 0.2) is 18.3 Å². The van der Waals surface area contributed by atoms with Crippen LogP contribution in [0.3, 0.4) is 0 Å². The average Bonchev–Trinajstić information content (AvgIpc) is 2.19. The SMILES string of the molecule is CCOc1c(Br)cc(F)cc1OCOC. The van der Waals surface area contributed by atoms with E-state index in [1.54, 1.807) is 0 Å². The predicted molar refractivity (Wildman–Crippen MR) is 57.8 cm³/mol. The third kappa shape index (κ3) is 3.35. The fourth-order valence-electron chi connectivity index (χ4n) is 1.05. The second-order valence-electron chi connectivity index (χ2n) is 2.70. The first-order chi connectivity index (χ1) is 7.19. The van der Waals surface area contributed by atoms with Crippen molar-refractivity contribution in [3.8, 4) is 11.5 Å². The van der Waals surface area contributed by atoms with Crippen molar-refractivity contribution in [1.82, 2.24) is 0 Å². The number of halogens is 2. The van der Waals surface area contributed by atoms with E-state index >= 15 is 0 Å². The molecule has 1 aromatic rings. The number of benzene rings is 1. The standard InChI is InChI=1S/C10H12BrFO3/c1-3-14-10-8(11)4-7(12)5-9(10)15-6-13-2/h4-5H,3,6H2,1-2H3. The second kappa shape index (κ2) is 5.92. The van der Waals surface area contributed by atoms with Crippen LogP contribution >= 0.6 is 15.9 Å². The first-order valence-electron chi connectivity index (χ1n) is 4.42. The maximum absolute atomic E-state index is 13.1. The highest BCUT2D eigenvalue weighted by Gasteiger charge is 2.11. The molecule has 0 aliphatic carbocycles. The van der Waals surface area contributed by atoms with Crippen molar-refractivity contribution in [3.63, 3.8) is 0 Å². The van der Waals surface area contributed by atoms with Gasteiger partial charge in [-0.3, -0.25) is 0 Å². The molecule has 3 nitrogen and oxygen atoms in total. The molecule has 0 amide bonds. The third-order valence-corrected chi connectivity index (χ3v) is 2.18. The largest absolute Gasteiger partial charge is 0.489 e. The van der Waals surface area contributed by atoms with Crippen molar-refractivity contribution in [1.29, 1.82) is 0 Å². The lowest BCUT2D eigenvalue weighted by Gasteiger charge is -2.12. The van der Waals surface area contributed by atoms with Gasteiger partial charge in [0, 0.05) is 13.2 Å². The lowest BCUT2D eigenvalue weighted by molar-refractivity contribution is 0.0484. The molecular formula is C10H12BrFO3. The zero-order valence-electron chi connectivity index (χ0n) is 8.55. The van der Waals surface area contributed by atoms with Crippen LogP contribution in [0, 0.1) is 5.82 Å². The predicted octanol–water partition coefficient (Wildman–Crippen LogP) is 2.97. The number of hydrogen-bond acceptors (Lipinski definition) is 3. The van der Waals surface area contributed by atoms with Crippen molar-refractivity contribution in [2.75, 3.05) is 20.5 Å². The minimum atomic E-state index is -0.392. The Balaban J connectivity index is 2.97. The first-order valence-corrected chi connectivity index (χ1v) is 5.22. The van der Waals surface area contributed by atoms with Crippen molar-refractivity contribution < 1.29 is 18.6 Å². The maximum Gasteiger partial charge on any atom is 0.188 e. The van der Waals surface area contributed by atoms with Gasteiger partial charge in [-0.1, -0.05) is 0 Å². The number of rotatable bonds is 5. The van der Waals surface area contributed by atoms with E-state index < -0.39 is 5.82 Å². The van der Waals surface area contributed by atoms with E-state index in [0.29, 0.717) is 22.6 Å². The van der Waals surface area contributed by atoms with Crippen molar-refractivity contribution in [2.24, 2.45) is 0 Å². The summed E-state index contributed by atoms with van der Waals surface area (Å²) in [6.07, 6.45) is 0. The van der Waals surface area contributed by atoms with Gasteiger partial charge in [-0.2, -0.15) is 0 Å². The van der Waals surface area contributed by atoms with Crippen LogP contribution in [-0.4, -0.2) is 20.5 Å². The molecule has 15 heavy (non-hydrogen) atoms. The summed E-state index contributed by atoms with van der Waals surface area (Å²) in [4.78, 5) is 0. The van der Waals surface area contributed by atoms with E-state index in [0.717, 1.165) is 0 Å². The molecule has 0 spiro atoms. The normalized spacial score (nSPS) is 10.1. The van der Waals surface area contributed by atoms with Crippen LogP contribution in [-0.2, 0) is 4.74 Å². The molecule has 0 aliphatic heterocycles. The van der Waals surface area contributed by atoms with E-state index in [9.17, 15) is 4.39 Å². The molecular weight excluding hydrogens is 267 g/mol. The molecule has 0 atom stereocenters. The topological polar surface area (TPSA) is 27.7 Å². The van der Waals surface area contributed by atoms with Crippen molar-refractivity contribution in [3.05, 3.63) is 22.4 Å². The summed E-state index contributed by atoms with van der Waals surface area (Å²) in [7, 11) is 1.49. The molecule has 0 aliphatic rings. The highest BCUT2D eigenvalue weighted by atomic mass is 79.9. The van der Waals surface area contributed by atoms with Crippen LogP contribution in [0.5, 0.6) is 11.5 Å². The van der Waals surface area contributed by atoms with Gasteiger partial charge in [-0.25, -0.2) is 4.39 Å². The van der Waals surface area contributed by atoms with Crippen molar-refractivity contribution in [2.45, 2.75) is 6.92 Å². The Labute approximate surface area is 96.3 Å². The smallest absolute Gasteiger partial charge is 0.188 e. The molecule has 0 radical (unpaired) electrons. The zero-order chi connectivity index (χ0) is 11.3. The van der Waals surface area contributed by atoms with Crippen LogP contribution in [0.1, 0.15) is 6.92 Å². The Morgan fingerprint density at radius 2 is 2.07 bits per heavy atom. The summed E-state index contributed by atoms with van der Waals surface area (Å²) in [6.45, 7) is 2.37. The van der Waals surface area contributed by atoms with Gasteiger partial charge in [0.1, 0.15) is 5.82 Å². The molecule has 0 heterocycles. The van der Waals surface area contributed by atoms with Crippen LogP contribution in [0.25, 0.3) is 0 Å². The van der Waals surface area contributed by atoms with Gasteiger partial charge in [-0.05, 0) is 28.9 Å². The van der Waals surface area contributed by atoms with E-state index in [1.807, 2.05) is 6.92 Å².